The second-order valence-electron chi connectivity index (χ2n) is 3.45. The van der Waals surface area contributed by atoms with Crippen LogP contribution in [0.5, 0.6) is 0 Å². The average Bonchev–Trinajstić information content (AvgIpc) is 2.67. The van der Waals surface area contributed by atoms with Crippen molar-refractivity contribution in [3.8, 4) is 0 Å². The maximum absolute atomic E-state index is 5.21. The van der Waals surface area contributed by atoms with E-state index in [1.807, 2.05) is 6.26 Å². The molecule has 72 valence electrons. The first-order chi connectivity index (χ1) is 6.40. The lowest BCUT2D eigenvalue weighted by molar-refractivity contribution is 0.310. The summed E-state index contributed by atoms with van der Waals surface area (Å²) in [5.74, 6) is 1.38. The van der Waals surface area contributed by atoms with Gasteiger partial charge in [0.2, 0.25) is 11.0 Å². The molecule has 0 unspecified atom stereocenters. The van der Waals surface area contributed by atoms with Crippen molar-refractivity contribution in [3.63, 3.8) is 0 Å². The topological polar surface area (TPSA) is 38.9 Å². The number of hydrogen-bond acceptors (Lipinski definition) is 4. The first-order valence-electron chi connectivity index (χ1n) is 4.78. The molecule has 1 aliphatic rings. The predicted octanol–water partition coefficient (Wildman–Crippen LogP) is 2.84. The van der Waals surface area contributed by atoms with E-state index in [1.165, 1.54) is 43.9 Å². The Hall–Kier alpha value is -0.510. The van der Waals surface area contributed by atoms with E-state index in [9.17, 15) is 0 Å². The van der Waals surface area contributed by atoms with E-state index < -0.39 is 0 Å². The lowest BCUT2D eigenvalue weighted by Gasteiger charge is -2.17. The molecule has 1 aliphatic carbocycles. The molecule has 3 nitrogen and oxygen atoms in total. The predicted molar refractivity (Wildman–Crippen MR) is 51.9 cm³/mol. The molecule has 0 spiro atoms. The molecular formula is C9H14N2OS. The minimum absolute atomic E-state index is 0.530. The molecule has 0 bridgehead atoms. The zero-order chi connectivity index (χ0) is 9.10. The number of aromatic nitrogens is 2. The molecule has 2 rings (SSSR count). The molecule has 0 aliphatic heterocycles. The highest BCUT2D eigenvalue weighted by atomic mass is 32.2. The Morgan fingerprint density at radius 2 is 2.08 bits per heavy atom. The molecule has 0 atom stereocenters. The van der Waals surface area contributed by atoms with Crippen molar-refractivity contribution in [2.45, 2.75) is 43.2 Å². The fourth-order valence-corrected chi connectivity index (χ4v) is 2.11. The maximum Gasteiger partial charge on any atom is 0.230 e. The molecule has 1 fully saturated rings. The average molecular weight is 198 g/mol. The molecule has 0 saturated heterocycles. The van der Waals surface area contributed by atoms with Crippen LogP contribution < -0.4 is 0 Å². The van der Waals surface area contributed by atoms with Crippen molar-refractivity contribution < 1.29 is 4.52 Å². The van der Waals surface area contributed by atoms with E-state index in [1.54, 1.807) is 0 Å². The minimum atomic E-state index is 0.530. The maximum atomic E-state index is 5.21. The molecule has 1 saturated carbocycles. The number of nitrogens with zero attached hydrogens (tertiary/aromatic N) is 2. The van der Waals surface area contributed by atoms with Crippen molar-refractivity contribution >= 4 is 11.8 Å². The van der Waals surface area contributed by atoms with Gasteiger partial charge < -0.3 is 4.52 Å². The fraction of sp³-hybridized carbons (Fsp3) is 0.778. The van der Waals surface area contributed by atoms with Gasteiger partial charge in [0.05, 0.1) is 0 Å². The molecule has 0 radical (unpaired) electrons. The van der Waals surface area contributed by atoms with Gasteiger partial charge in [-0.25, -0.2) is 0 Å². The van der Waals surface area contributed by atoms with Crippen LogP contribution in [-0.2, 0) is 0 Å². The quantitative estimate of drug-likeness (QED) is 0.685. The van der Waals surface area contributed by atoms with Crippen LogP contribution >= 0.6 is 11.8 Å². The Morgan fingerprint density at radius 1 is 1.31 bits per heavy atom. The lowest BCUT2D eigenvalue weighted by atomic mass is 9.89. The van der Waals surface area contributed by atoms with Crippen LogP contribution in [0.4, 0.5) is 0 Å². The van der Waals surface area contributed by atoms with Crippen molar-refractivity contribution in [2.75, 3.05) is 6.26 Å². The molecule has 0 aromatic carbocycles. The van der Waals surface area contributed by atoms with E-state index >= 15 is 0 Å². The summed E-state index contributed by atoms with van der Waals surface area (Å²) in [4.78, 5) is 4.34. The monoisotopic (exact) mass is 198 g/mol. The Kier molecular flexibility index (Phi) is 2.88. The van der Waals surface area contributed by atoms with Crippen LogP contribution in [0.15, 0.2) is 9.68 Å². The summed E-state index contributed by atoms with van der Waals surface area (Å²) in [7, 11) is 0. The Labute approximate surface area is 82.3 Å². The van der Waals surface area contributed by atoms with E-state index in [-0.39, 0.29) is 0 Å². The molecule has 1 heterocycles. The highest BCUT2D eigenvalue weighted by Gasteiger charge is 2.21. The summed E-state index contributed by atoms with van der Waals surface area (Å²) in [5.41, 5.74) is 0. The highest BCUT2D eigenvalue weighted by molar-refractivity contribution is 7.98. The number of thioether (sulfide) groups is 1. The molecule has 4 heteroatoms. The highest BCUT2D eigenvalue weighted by Crippen LogP contribution is 2.31. The van der Waals surface area contributed by atoms with Crippen LogP contribution in [0.25, 0.3) is 0 Å². The Bertz CT molecular complexity index is 268. The fourth-order valence-electron chi connectivity index (χ4n) is 1.82. The molecule has 13 heavy (non-hydrogen) atoms. The molecule has 1 aromatic heterocycles. The normalized spacial score (nSPS) is 19.2. The minimum Gasteiger partial charge on any atom is -0.338 e. The van der Waals surface area contributed by atoms with Crippen molar-refractivity contribution in [1.82, 2.24) is 10.1 Å². The van der Waals surface area contributed by atoms with Gasteiger partial charge in [-0.15, -0.1) is 0 Å². The summed E-state index contributed by atoms with van der Waals surface area (Å²) < 4.78 is 5.21. The van der Waals surface area contributed by atoms with Gasteiger partial charge in [0.1, 0.15) is 0 Å². The van der Waals surface area contributed by atoms with Gasteiger partial charge >= 0.3 is 0 Å². The van der Waals surface area contributed by atoms with Crippen molar-refractivity contribution in [3.05, 3.63) is 5.89 Å². The summed E-state index contributed by atoms with van der Waals surface area (Å²) in [6.45, 7) is 0. The smallest absolute Gasteiger partial charge is 0.230 e. The van der Waals surface area contributed by atoms with Crippen molar-refractivity contribution in [1.29, 1.82) is 0 Å². The van der Waals surface area contributed by atoms with Crippen LogP contribution in [0.1, 0.15) is 43.9 Å². The van der Waals surface area contributed by atoms with E-state index in [2.05, 4.69) is 10.1 Å². The SMILES string of the molecule is CSc1noc(C2CCCCC2)n1. The first-order valence-corrected chi connectivity index (χ1v) is 6.00. The molecule has 0 N–H and O–H groups in total. The van der Waals surface area contributed by atoms with Gasteiger partial charge in [-0.05, 0) is 19.1 Å². The summed E-state index contributed by atoms with van der Waals surface area (Å²) in [6, 6.07) is 0. The molecule has 0 amide bonds. The first kappa shape index (κ1) is 9.06. The third-order valence-corrected chi connectivity index (χ3v) is 3.09. The van der Waals surface area contributed by atoms with Crippen LogP contribution in [-0.4, -0.2) is 16.4 Å². The Balaban J connectivity index is 2.05. The second-order valence-corrected chi connectivity index (χ2v) is 4.23. The van der Waals surface area contributed by atoms with Gasteiger partial charge in [0.25, 0.3) is 0 Å². The molecular weight excluding hydrogens is 184 g/mol. The summed E-state index contributed by atoms with van der Waals surface area (Å²) in [6.07, 6.45) is 8.38. The van der Waals surface area contributed by atoms with E-state index in [4.69, 9.17) is 4.52 Å². The van der Waals surface area contributed by atoms with Crippen LogP contribution in [0.2, 0.25) is 0 Å². The summed E-state index contributed by atoms with van der Waals surface area (Å²) >= 11 is 1.54. The van der Waals surface area contributed by atoms with E-state index in [0.29, 0.717) is 5.92 Å². The van der Waals surface area contributed by atoms with Crippen LogP contribution in [0, 0.1) is 0 Å². The zero-order valence-corrected chi connectivity index (χ0v) is 8.64. The van der Waals surface area contributed by atoms with Crippen LogP contribution in [0.3, 0.4) is 0 Å². The Morgan fingerprint density at radius 3 is 2.69 bits per heavy atom. The van der Waals surface area contributed by atoms with Gasteiger partial charge in [0.15, 0.2) is 0 Å². The van der Waals surface area contributed by atoms with E-state index in [0.717, 1.165) is 11.0 Å². The third-order valence-electron chi connectivity index (χ3n) is 2.56. The van der Waals surface area contributed by atoms with Gasteiger partial charge in [-0.1, -0.05) is 36.2 Å². The standard InChI is InChI=1S/C9H14N2OS/c1-13-9-10-8(12-11-9)7-5-3-2-4-6-7/h7H,2-6H2,1H3. The summed E-state index contributed by atoms with van der Waals surface area (Å²) in [5, 5.41) is 4.65. The molecule has 1 aromatic rings. The lowest BCUT2D eigenvalue weighted by Crippen LogP contribution is -2.04. The van der Waals surface area contributed by atoms with Crippen molar-refractivity contribution in [2.24, 2.45) is 0 Å². The number of rotatable bonds is 2. The third kappa shape index (κ3) is 2.05. The number of hydrogen-bond donors (Lipinski definition) is 0. The second kappa shape index (κ2) is 4.13. The van der Waals surface area contributed by atoms with Gasteiger partial charge in [-0.2, -0.15) is 4.98 Å². The van der Waals surface area contributed by atoms with Gasteiger partial charge in [0, 0.05) is 5.92 Å². The van der Waals surface area contributed by atoms with Gasteiger partial charge in [-0.3, -0.25) is 0 Å². The zero-order valence-electron chi connectivity index (χ0n) is 7.82. The largest absolute Gasteiger partial charge is 0.338 e.